The fourth-order valence-electron chi connectivity index (χ4n) is 1.33. The second kappa shape index (κ2) is 5.16. The fraction of sp³-hybridized carbons (Fsp3) is 0.273. The highest BCUT2D eigenvalue weighted by Crippen LogP contribution is 2.30. The SMILES string of the molecule is CCC(O)c1noc(-c2ccc(Cl)cc2Br)n1. The quantitative estimate of drug-likeness (QED) is 0.939. The highest BCUT2D eigenvalue weighted by molar-refractivity contribution is 9.10. The summed E-state index contributed by atoms with van der Waals surface area (Å²) >= 11 is 9.22. The summed E-state index contributed by atoms with van der Waals surface area (Å²) in [5, 5.41) is 13.9. The third-order valence-corrected chi connectivity index (χ3v) is 3.18. The first-order chi connectivity index (χ1) is 8.11. The van der Waals surface area contributed by atoms with Gasteiger partial charge in [0.1, 0.15) is 6.10 Å². The zero-order valence-corrected chi connectivity index (χ0v) is 11.4. The topological polar surface area (TPSA) is 59.2 Å². The van der Waals surface area contributed by atoms with Crippen LogP contribution in [0.25, 0.3) is 11.5 Å². The molecule has 0 fully saturated rings. The predicted molar refractivity (Wildman–Crippen MR) is 67.7 cm³/mol. The summed E-state index contributed by atoms with van der Waals surface area (Å²) in [5.74, 6) is 0.653. The molecule has 6 heteroatoms. The van der Waals surface area contributed by atoms with Crippen molar-refractivity contribution < 1.29 is 9.63 Å². The third-order valence-electron chi connectivity index (χ3n) is 2.29. The lowest BCUT2D eigenvalue weighted by Crippen LogP contribution is -1.97. The molecule has 0 saturated carbocycles. The zero-order chi connectivity index (χ0) is 12.4. The van der Waals surface area contributed by atoms with Crippen molar-refractivity contribution in [3.8, 4) is 11.5 Å². The summed E-state index contributed by atoms with van der Waals surface area (Å²) in [7, 11) is 0. The van der Waals surface area contributed by atoms with E-state index in [1.54, 1.807) is 18.2 Å². The van der Waals surface area contributed by atoms with Gasteiger partial charge in [0, 0.05) is 9.50 Å². The van der Waals surface area contributed by atoms with Crippen LogP contribution in [0.15, 0.2) is 27.2 Å². The van der Waals surface area contributed by atoms with Crippen molar-refractivity contribution >= 4 is 27.5 Å². The highest BCUT2D eigenvalue weighted by Gasteiger charge is 2.16. The third kappa shape index (κ3) is 2.68. The second-order valence-corrected chi connectivity index (χ2v) is 4.80. The molecule has 0 bridgehead atoms. The molecule has 0 radical (unpaired) electrons. The lowest BCUT2D eigenvalue weighted by atomic mass is 10.2. The number of benzene rings is 1. The van der Waals surface area contributed by atoms with Crippen LogP contribution < -0.4 is 0 Å². The van der Waals surface area contributed by atoms with Crippen LogP contribution >= 0.6 is 27.5 Å². The van der Waals surface area contributed by atoms with Gasteiger partial charge in [-0.15, -0.1) is 0 Å². The van der Waals surface area contributed by atoms with E-state index in [-0.39, 0.29) is 0 Å². The van der Waals surface area contributed by atoms with Crippen molar-refractivity contribution in [1.29, 1.82) is 0 Å². The number of hydrogen-bond acceptors (Lipinski definition) is 4. The van der Waals surface area contributed by atoms with Crippen molar-refractivity contribution in [2.75, 3.05) is 0 Å². The van der Waals surface area contributed by atoms with E-state index in [2.05, 4.69) is 26.1 Å². The average Bonchev–Trinajstić information content (AvgIpc) is 2.77. The first-order valence-electron chi connectivity index (χ1n) is 5.09. The number of nitrogens with zero attached hydrogens (tertiary/aromatic N) is 2. The molecule has 1 N–H and O–H groups in total. The molecule has 4 nitrogen and oxygen atoms in total. The minimum absolute atomic E-state index is 0.296. The molecule has 90 valence electrons. The molecule has 1 unspecified atom stereocenters. The maximum atomic E-state index is 9.59. The van der Waals surface area contributed by atoms with Gasteiger partial charge in [-0.1, -0.05) is 23.7 Å². The van der Waals surface area contributed by atoms with Crippen molar-refractivity contribution in [3.05, 3.63) is 33.5 Å². The molecule has 2 rings (SSSR count). The Labute approximate surface area is 112 Å². The van der Waals surface area contributed by atoms with Gasteiger partial charge in [0.15, 0.2) is 0 Å². The van der Waals surface area contributed by atoms with Gasteiger partial charge >= 0.3 is 0 Å². The van der Waals surface area contributed by atoms with Crippen LogP contribution in [0.2, 0.25) is 5.02 Å². The molecule has 1 aromatic heterocycles. The molecule has 0 aliphatic carbocycles. The smallest absolute Gasteiger partial charge is 0.259 e. The van der Waals surface area contributed by atoms with E-state index in [1.807, 2.05) is 6.92 Å². The van der Waals surface area contributed by atoms with E-state index >= 15 is 0 Å². The maximum absolute atomic E-state index is 9.59. The van der Waals surface area contributed by atoms with Crippen LogP contribution in [0.5, 0.6) is 0 Å². The molecule has 0 saturated heterocycles. The minimum Gasteiger partial charge on any atom is -0.385 e. The van der Waals surface area contributed by atoms with Gasteiger partial charge in [-0.2, -0.15) is 4.98 Å². The van der Waals surface area contributed by atoms with Gasteiger partial charge in [-0.3, -0.25) is 0 Å². The Morgan fingerprint density at radius 1 is 1.53 bits per heavy atom. The summed E-state index contributed by atoms with van der Waals surface area (Å²) in [4.78, 5) is 4.14. The number of aromatic nitrogens is 2. The van der Waals surface area contributed by atoms with Gasteiger partial charge in [0.05, 0.1) is 5.56 Å². The Morgan fingerprint density at radius 2 is 2.29 bits per heavy atom. The van der Waals surface area contributed by atoms with E-state index in [0.717, 1.165) is 10.0 Å². The summed E-state index contributed by atoms with van der Waals surface area (Å²) in [6.07, 6.45) is -0.153. The fourth-order valence-corrected chi connectivity index (χ4v) is 2.18. The molecule has 1 heterocycles. The van der Waals surface area contributed by atoms with Crippen molar-refractivity contribution in [2.24, 2.45) is 0 Å². The lowest BCUT2D eigenvalue weighted by molar-refractivity contribution is 0.159. The van der Waals surface area contributed by atoms with Crippen LogP contribution in [0, 0.1) is 0 Å². The molecule has 1 atom stereocenters. The van der Waals surface area contributed by atoms with E-state index in [9.17, 15) is 5.11 Å². The molecule has 0 aliphatic rings. The number of hydrogen-bond donors (Lipinski definition) is 1. The Kier molecular flexibility index (Phi) is 3.81. The van der Waals surface area contributed by atoms with Gasteiger partial charge in [-0.25, -0.2) is 0 Å². The highest BCUT2D eigenvalue weighted by atomic mass is 79.9. The molecule has 1 aromatic carbocycles. The number of halogens is 2. The average molecular weight is 318 g/mol. The van der Waals surface area contributed by atoms with Crippen LogP contribution in [0.3, 0.4) is 0 Å². The normalized spacial score (nSPS) is 12.7. The van der Waals surface area contributed by atoms with Crippen LogP contribution in [-0.4, -0.2) is 15.2 Å². The number of aliphatic hydroxyl groups excluding tert-OH is 1. The van der Waals surface area contributed by atoms with Gasteiger partial charge < -0.3 is 9.63 Å². The van der Waals surface area contributed by atoms with Crippen molar-refractivity contribution in [3.63, 3.8) is 0 Å². The minimum atomic E-state index is -0.696. The first kappa shape index (κ1) is 12.5. The Hall–Kier alpha value is -0.910. The maximum Gasteiger partial charge on any atom is 0.259 e. The number of aliphatic hydroxyl groups is 1. The molecule has 17 heavy (non-hydrogen) atoms. The second-order valence-electron chi connectivity index (χ2n) is 3.51. The standard InChI is InChI=1S/C11H10BrClN2O2/c1-2-9(16)10-14-11(17-15-10)7-4-3-6(13)5-8(7)12/h3-5,9,16H,2H2,1H3. The molecule has 0 spiro atoms. The monoisotopic (exact) mass is 316 g/mol. The van der Waals surface area contributed by atoms with E-state index in [1.165, 1.54) is 0 Å². The van der Waals surface area contributed by atoms with Crippen molar-refractivity contribution in [2.45, 2.75) is 19.4 Å². The molecule has 0 amide bonds. The first-order valence-corrected chi connectivity index (χ1v) is 6.26. The van der Waals surface area contributed by atoms with Crippen LogP contribution in [0.4, 0.5) is 0 Å². The summed E-state index contributed by atoms with van der Waals surface area (Å²) in [5.41, 5.74) is 0.747. The van der Waals surface area contributed by atoms with E-state index < -0.39 is 6.10 Å². The Balaban J connectivity index is 2.37. The number of rotatable bonds is 3. The van der Waals surface area contributed by atoms with Crippen LogP contribution in [0.1, 0.15) is 25.3 Å². The Morgan fingerprint density at radius 3 is 2.94 bits per heavy atom. The van der Waals surface area contributed by atoms with Gasteiger partial charge in [0.2, 0.25) is 5.82 Å². The van der Waals surface area contributed by atoms with E-state index in [4.69, 9.17) is 16.1 Å². The lowest BCUT2D eigenvalue weighted by Gasteiger charge is -2.00. The van der Waals surface area contributed by atoms with Gasteiger partial charge in [0.25, 0.3) is 5.89 Å². The van der Waals surface area contributed by atoms with E-state index in [0.29, 0.717) is 23.2 Å². The van der Waals surface area contributed by atoms with Crippen LogP contribution in [-0.2, 0) is 0 Å². The molecular formula is C11H10BrClN2O2. The largest absolute Gasteiger partial charge is 0.385 e. The van der Waals surface area contributed by atoms with Crippen molar-refractivity contribution in [1.82, 2.24) is 10.1 Å². The molecule has 0 aliphatic heterocycles. The molecular weight excluding hydrogens is 307 g/mol. The van der Waals surface area contributed by atoms with Gasteiger partial charge in [-0.05, 0) is 40.5 Å². The Bertz CT molecular complexity index is 530. The summed E-state index contributed by atoms with van der Waals surface area (Å²) < 4.78 is 5.87. The summed E-state index contributed by atoms with van der Waals surface area (Å²) in [6, 6.07) is 5.26. The predicted octanol–water partition coefficient (Wildman–Crippen LogP) is 3.60. The zero-order valence-electron chi connectivity index (χ0n) is 9.02. The summed E-state index contributed by atoms with van der Waals surface area (Å²) in [6.45, 7) is 1.85. The molecule has 2 aromatic rings.